The molecule has 0 saturated carbocycles. The number of hydrogen-bond acceptors (Lipinski definition) is 4. The Morgan fingerprint density at radius 2 is 1.78 bits per heavy atom. The largest absolute Gasteiger partial charge is 0.508 e. The second-order valence-corrected chi connectivity index (χ2v) is 3.91. The van der Waals surface area contributed by atoms with E-state index in [1.807, 2.05) is 0 Å². The van der Waals surface area contributed by atoms with E-state index in [0.717, 1.165) is 0 Å². The second kappa shape index (κ2) is 5.50. The average molecular weight is 250 g/mol. The van der Waals surface area contributed by atoms with Gasteiger partial charge in [-0.25, -0.2) is 0 Å². The lowest BCUT2D eigenvalue weighted by Crippen LogP contribution is -2.45. The number of carbonyl (C=O) groups is 2. The topological polar surface area (TPSA) is 78.9 Å². The van der Waals surface area contributed by atoms with Crippen LogP contribution in [-0.2, 0) is 14.3 Å². The first-order valence-electron chi connectivity index (χ1n) is 5.64. The number of nitrogens with one attached hydrogen (secondary N) is 1. The van der Waals surface area contributed by atoms with E-state index in [1.54, 1.807) is 0 Å². The van der Waals surface area contributed by atoms with Gasteiger partial charge in [0.05, 0.1) is 13.2 Å². The van der Waals surface area contributed by atoms with Gasteiger partial charge in [0.2, 0.25) is 0 Å². The number of carbonyl (C=O) groups excluding carboxylic acids is 2. The van der Waals surface area contributed by atoms with E-state index < -0.39 is 11.8 Å². The van der Waals surface area contributed by atoms with Crippen molar-refractivity contribution in [3.63, 3.8) is 0 Å². The van der Waals surface area contributed by atoms with Gasteiger partial charge >= 0.3 is 11.8 Å². The number of amides is 2. The van der Waals surface area contributed by atoms with Crippen LogP contribution in [-0.4, -0.2) is 48.1 Å². The van der Waals surface area contributed by atoms with Crippen molar-refractivity contribution in [1.29, 1.82) is 0 Å². The molecule has 1 heterocycles. The molecule has 1 aliphatic rings. The van der Waals surface area contributed by atoms with Gasteiger partial charge in [0.1, 0.15) is 5.75 Å². The highest BCUT2D eigenvalue weighted by atomic mass is 16.5. The first-order chi connectivity index (χ1) is 8.66. The molecule has 1 fully saturated rings. The van der Waals surface area contributed by atoms with E-state index in [9.17, 15) is 9.59 Å². The number of aromatic hydroxyl groups is 1. The smallest absolute Gasteiger partial charge is 0.313 e. The molecule has 18 heavy (non-hydrogen) atoms. The number of nitrogens with zero attached hydrogens (tertiary/aromatic N) is 1. The Morgan fingerprint density at radius 1 is 1.17 bits per heavy atom. The summed E-state index contributed by atoms with van der Waals surface area (Å²) in [4.78, 5) is 24.9. The minimum Gasteiger partial charge on any atom is -0.508 e. The highest BCUT2D eigenvalue weighted by Crippen LogP contribution is 2.13. The highest BCUT2D eigenvalue weighted by Gasteiger charge is 2.23. The zero-order valence-electron chi connectivity index (χ0n) is 9.76. The lowest BCUT2D eigenvalue weighted by atomic mass is 10.3. The van der Waals surface area contributed by atoms with E-state index in [1.165, 1.54) is 29.2 Å². The quantitative estimate of drug-likeness (QED) is 0.551. The van der Waals surface area contributed by atoms with Crippen LogP contribution in [0.3, 0.4) is 0 Å². The maximum absolute atomic E-state index is 11.8. The minimum atomic E-state index is -0.678. The fourth-order valence-electron chi connectivity index (χ4n) is 1.64. The van der Waals surface area contributed by atoms with Crippen LogP contribution in [0.4, 0.5) is 5.69 Å². The summed E-state index contributed by atoms with van der Waals surface area (Å²) in [5, 5.41) is 11.6. The number of hydrogen-bond donors (Lipinski definition) is 2. The van der Waals surface area contributed by atoms with E-state index in [2.05, 4.69) is 5.32 Å². The third-order valence-corrected chi connectivity index (χ3v) is 2.62. The molecule has 0 aliphatic carbocycles. The number of ether oxygens (including phenoxy) is 1. The molecule has 0 spiro atoms. The molecule has 0 bridgehead atoms. The van der Waals surface area contributed by atoms with Gasteiger partial charge in [-0.05, 0) is 24.3 Å². The summed E-state index contributed by atoms with van der Waals surface area (Å²) in [5.41, 5.74) is 0.472. The van der Waals surface area contributed by atoms with Crippen molar-refractivity contribution >= 4 is 17.5 Å². The lowest BCUT2D eigenvalue weighted by Gasteiger charge is -2.26. The molecule has 0 aromatic heterocycles. The molecular formula is C12H14N2O4. The molecule has 0 atom stereocenters. The Hall–Kier alpha value is -2.08. The summed E-state index contributed by atoms with van der Waals surface area (Å²) < 4.78 is 5.11. The Labute approximate surface area is 104 Å². The van der Waals surface area contributed by atoms with Crippen molar-refractivity contribution < 1.29 is 19.4 Å². The Balaban J connectivity index is 1.94. The predicted octanol–water partition coefficient (Wildman–Crippen LogP) is 0.189. The van der Waals surface area contributed by atoms with Crippen LogP contribution in [0.5, 0.6) is 5.75 Å². The number of morpholine rings is 1. The molecule has 2 rings (SSSR count). The maximum atomic E-state index is 11.8. The van der Waals surface area contributed by atoms with Crippen molar-refractivity contribution in [2.45, 2.75) is 0 Å². The van der Waals surface area contributed by atoms with Crippen LogP contribution >= 0.6 is 0 Å². The molecule has 0 radical (unpaired) electrons. The van der Waals surface area contributed by atoms with Crippen LogP contribution in [0.25, 0.3) is 0 Å². The van der Waals surface area contributed by atoms with Crippen molar-refractivity contribution in [2.75, 3.05) is 31.6 Å². The second-order valence-electron chi connectivity index (χ2n) is 3.91. The van der Waals surface area contributed by atoms with E-state index in [-0.39, 0.29) is 5.75 Å². The van der Waals surface area contributed by atoms with Crippen LogP contribution in [0.2, 0.25) is 0 Å². The molecule has 2 N–H and O–H groups in total. The van der Waals surface area contributed by atoms with E-state index >= 15 is 0 Å². The van der Waals surface area contributed by atoms with Gasteiger partial charge in [0, 0.05) is 18.8 Å². The Morgan fingerprint density at radius 3 is 2.39 bits per heavy atom. The number of phenolic OH excluding ortho intramolecular Hbond substituents is 1. The average Bonchev–Trinajstić information content (AvgIpc) is 2.41. The molecule has 0 unspecified atom stereocenters. The first kappa shape index (κ1) is 12.4. The van der Waals surface area contributed by atoms with Gasteiger partial charge in [-0.15, -0.1) is 0 Å². The summed E-state index contributed by atoms with van der Waals surface area (Å²) in [6, 6.07) is 5.93. The molecule has 1 aromatic rings. The fourth-order valence-corrected chi connectivity index (χ4v) is 1.64. The third-order valence-electron chi connectivity index (χ3n) is 2.62. The summed E-state index contributed by atoms with van der Waals surface area (Å²) in [7, 11) is 0. The highest BCUT2D eigenvalue weighted by molar-refractivity contribution is 6.39. The monoisotopic (exact) mass is 250 g/mol. The number of benzene rings is 1. The molecule has 2 amide bonds. The maximum Gasteiger partial charge on any atom is 0.313 e. The van der Waals surface area contributed by atoms with Crippen LogP contribution in [0.15, 0.2) is 24.3 Å². The normalized spacial score (nSPS) is 15.2. The van der Waals surface area contributed by atoms with Crippen molar-refractivity contribution in [3.05, 3.63) is 24.3 Å². The molecule has 6 heteroatoms. The Kier molecular flexibility index (Phi) is 3.78. The molecule has 6 nitrogen and oxygen atoms in total. The minimum absolute atomic E-state index is 0.104. The van der Waals surface area contributed by atoms with Crippen LogP contribution in [0, 0.1) is 0 Å². The first-order valence-corrected chi connectivity index (χ1v) is 5.64. The van der Waals surface area contributed by atoms with Gasteiger partial charge in [-0.1, -0.05) is 0 Å². The number of anilines is 1. The van der Waals surface area contributed by atoms with Gasteiger partial charge < -0.3 is 20.1 Å². The summed E-state index contributed by atoms with van der Waals surface area (Å²) in [6.45, 7) is 1.78. The van der Waals surface area contributed by atoms with Crippen molar-refractivity contribution in [2.24, 2.45) is 0 Å². The van der Waals surface area contributed by atoms with Crippen molar-refractivity contribution in [3.8, 4) is 5.75 Å². The number of phenols is 1. The molecule has 1 aliphatic heterocycles. The van der Waals surface area contributed by atoms with Crippen molar-refractivity contribution in [1.82, 2.24) is 4.90 Å². The molecular weight excluding hydrogens is 236 g/mol. The summed E-state index contributed by atoms with van der Waals surface area (Å²) in [5.74, 6) is -1.14. The molecule has 1 aromatic carbocycles. The van der Waals surface area contributed by atoms with E-state index in [4.69, 9.17) is 9.84 Å². The van der Waals surface area contributed by atoms with Crippen LogP contribution < -0.4 is 5.32 Å². The SMILES string of the molecule is O=C(Nc1ccc(O)cc1)C(=O)N1CCOCC1. The Bertz CT molecular complexity index is 438. The fraction of sp³-hybridized carbons (Fsp3) is 0.333. The molecule has 1 saturated heterocycles. The zero-order valence-corrected chi connectivity index (χ0v) is 9.76. The van der Waals surface area contributed by atoms with Gasteiger partial charge in [-0.3, -0.25) is 9.59 Å². The zero-order chi connectivity index (χ0) is 13.0. The molecule has 96 valence electrons. The van der Waals surface area contributed by atoms with Gasteiger partial charge in [-0.2, -0.15) is 0 Å². The standard InChI is InChI=1S/C12H14N2O4/c15-10-3-1-9(2-4-10)13-11(16)12(17)14-5-7-18-8-6-14/h1-4,15H,5-8H2,(H,13,16). The summed E-state index contributed by atoms with van der Waals surface area (Å²) >= 11 is 0. The van der Waals surface area contributed by atoms with Crippen LogP contribution in [0.1, 0.15) is 0 Å². The van der Waals surface area contributed by atoms with Gasteiger partial charge in [0.15, 0.2) is 0 Å². The summed E-state index contributed by atoms with van der Waals surface area (Å²) in [6.07, 6.45) is 0. The van der Waals surface area contributed by atoms with E-state index in [0.29, 0.717) is 32.0 Å². The third kappa shape index (κ3) is 2.98. The van der Waals surface area contributed by atoms with Gasteiger partial charge in [0.25, 0.3) is 0 Å². The predicted molar refractivity (Wildman–Crippen MR) is 64.1 cm³/mol. The lowest BCUT2D eigenvalue weighted by molar-refractivity contribution is -0.145. The number of rotatable bonds is 1.